The lowest BCUT2D eigenvalue weighted by Crippen LogP contribution is -2.43. The number of rotatable bonds is 5. The predicted molar refractivity (Wildman–Crippen MR) is 94.5 cm³/mol. The molecule has 21 heavy (non-hydrogen) atoms. The Kier molecular flexibility index (Phi) is 8.27. The van der Waals surface area contributed by atoms with Crippen molar-refractivity contribution in [1.29, 1.82) is 0 Å². The van der Waals surface area contributed by atoms with Crippen LogP contribution in [0.5, 0.6) is 0 Å². The summed E-state index contributed by atoms with van der Waals surface area (Å²) in [4.78, 5) is 2.39. The molecule has 122 valence electrons. The minimum atomic E-state index is 0. The van der Waals surface area contributed by atoms with Crippen molar-refractivity contribution in [2.45, 2.75) is 45.6 Å². The van der Waals surface area contributed by atoms with Gasteiger partial charge in [0.2, 0.25) is 0 Å². The maximum atomic E-state index is 6.03. The van der Waals surface area contributed by atoms with Crippen LogP contribution in [0, 0.1) is 11.3 Å². The summed E-state index contributed by atoms with van der Waals surface area (Å²) in [5, 5.41) is 0.827. The molecule has 1 fully saturated rings. The zero-order chi connectivity index (χ0) is 14.0. The van der Waals surface area contributed by atoms with Crippen molar-refractivity contribution in [3.63, 3.8) is 0 Å². The fourth-order valence-corrected chi connectivity index (χ4v) is 4.00. The molecular weight excluding hydrogens is 305 g/mol. The van der Waals surface area contributed by atoms with Crippen molar-refractivity contribution in [2.24, 2.45) is 11.3 Å². The Balaban J connectivity index is 0.00000200. The average Bonchev–Trinajstić information content (AvgIpc) is 2.27. The van der Waals surface area contributed by atoms with E-state index in [0.29, 0.717) is 11.5 Å². The van der Waals surface area contributed by atoms with Gasteiger partial charge in [0.1, 0.15) is 0 Å². The SMILES string of the molecule is CC(C)CC1(C(c2ccc(Cl)cc2)N(C)C)CCC1.Cl.O. The lowest BCUT2D eigenvalue weighted by Gasteiger charge is -2.51. The molecule has 2 nitrogen and oxygen atoms in total. The Morgan fingerprint density at radius 3 is 2.00 bits per heavy atom. The van der Waals surface area contributed by atoms with Crippen molar-refractivity contribution in [3.8, 4) is 0 Å². The van der Waals surface area contributed by atoms with E-state index >= 15 is 0 Å². The highest BCUT2D eigenvalue weighted by Crippen LogP contribution is 2.55. The van der Waals surface area contributed by atoms with Crippen LogP contribution in [0.25, 0.3) is 0 Å². The zero-order valence-electron chi connectivity index (χ0n) is 13.5. The maximum Gasteiger partial charge on any atom is 0.0406 e. The molecule has 2 rings (SSSR count). The van der Waals surface area contributed by atoms with E-state index in [0.717, 1.165) is 10.9 Å². The minimum absolute atomic E-state index is 0. The van der Waals surface area contributed by atoms with Gasteiger partial charge in [-0.2, -0.15) is 0 Å². The Hall–Kier alpha value is -0.280. The first-order valence-electron chi connectivity index (χ1n) is 7.36. The first-order valence-corrected chi connectivity index (χ1v) is 7.74. The third-order valence-corrected chi connectivity index (χ3v) is 4.70. The number of hydrogen-bond acceptors (Lipinski definition) is 1. The van der Waals surface area contributed by atoms with Crippen LogP contribution in [0.2, 0.25) is 5.02 Å². The van der Waals surface area contributed by atoms with Crippen LogP contribution in [-0.4, -0.2) is 24.5 Å². The van der Waals surface area contributed by atoms with Gasteiger partial charge in [0.25, 0.3) is 0 Å². The molecule has 0 aliphatic heterocycles. The van der Waals surface area contributed by atoms with Gasteiger partial charge in [-0.3, -0.25) is 0 Å². The molecule has 1 aliphatic rings. The fourth-order valence-electron chi connectivity index (χ4n) is 3.88. The zero-order valence-corrected chi connectivity index (χ0v) is 15.1. The van der Waals surface area contributed by atoms with Crippen molar-refractivity contribution >= 4 is 24.0 Å². The van der Waals surface area contributed by atoms with Gasteiger partial charge in [-0.15, -0.1) is 12.4 Å². The van der Waals surface area contributed by atoms with Crippen molar-refractivity contribution in [2.75, 3.05) is 14.1 Å². The van der Waals surface area contributed by atoms with Gasteiger partial charge < -0.3 is 10.4 Å². The summed E-state index contributed by atoms with van der Waals surface area (Å²) in [6.45, 7) is 4.68. The Bertz CT molecular complexity index is 413. The predicted octanol–water partition coefficient (Wildman–Crippen LogP) is 4.76. The molecule has 1 aromatic rings. The summed E-state index contributed by atoms with van der Waals surface area (Å²) >= 11 is 6.03. The van der Waals surface area contributed by atoms with Gasteiger partial charge in [0.05, 0.1) is 0 Å². The van der Waals surface area contributed by atoms with Gasteiger partial charge in [-0.05, 0) is 62.4 Å². The third kappa shape index (κ3) is 4.59. The molecule has 1 unspecified atom stereocenters. The van der Waals surface area contributed by atoms with Gasteiger partial charge in [-0.25, -0.2) is 0 Å². The smallest absolute Gasteiger partial charge is 0.0406 e. The Morgan fingerprint density at radius 2 is 1.67 bits per heavy atom. The highest BCUT2D eigenvalue weighted by Gasteiger charge is 2.45. The standard InChI is InChI=1S/C17H26ClN.ClH.H2O/c1-13(2)12-17(10-5-11-17)16(19(3)4)14-6-8-15(18)9-7-14;;/h6-9,13,16H,5,10-12H2,1-4H3;1H;1H2. The first kappa shape index (κ1) is 20.7. The molecule has 4 heteroatoms. The number of halogens is 2. The van der Waals surface area contributed by atoms with Crippen LogP contribution >= 0.6 is 24.0 Å². The molecule has 0 saturated heterocycles. The van der Waals surface area contributed by atoms with E-state index in [2.05, 4.69) is 45.0 Å². The van der Waals surface area contributed by atoms with Crippen molar-refractivity contribution < 1.29 is 5.48 Å². The van der Waals surface area contributed by atoms with Crippen LogP contribution in [0.15, 0.2) is 24.3 Å². The molecule has 1 aromatic carbocycles. The monoisotopic (exact) mass is 333 g/mol. The molecule has 0 bridgehead atoms. The second-order valence-electron chi connectivity index (χ2n) is 6.73. The minimum Gasteiger partial charge on any atom is -0.412 e. The Labute approximate surface area is 140 Å². The van der Waals surface area contributed by atoms with Gasteiger partial charge in [-0.1, -0.05) is 44.0 Å². The van der Waals surface area contributed by atoms with Crippen LogP contribution in [0.4, 0.5) is 0 Å². The van der Waals surface area contributed by atoms with Crippen LogP contribution in [0.1, 0.15) is 51.1 Å². The van der Waals surface area contributed by atoms with E-state index < -0.39 is 0 Å². The molecule has 0 spiro atoms. The molecule has 0 radical (unpaired) electrons. The van der Waals surface area contributed by atoms with Crippen LogP contribution < -0.4 is 0 Å². The third-order valence-electron chi connectivity index (χ3n) is 4.45. The summed E-state index contributed by atoms with van der Waals surface area (Å²) < 4.78 is 0. The van der Waals surface area contributed by atoms with Crippen LogP contribution in [0.3, 0.4) is 0 Å². The van der Waals surface area contributed by atoms with E-state index in [1.54, 1.807) is 0 Å². The highest BCUT2D eigenvalue weighted by molar-refractivity contribution is 6.30. The molecule has 0 aromatic heterocycles. The van der Waals surface area contributed by atoms with Crippen LogP contribution in [-0.2, 0) is 0 Å². The molecule has 1 saturated carbocycles. The molecular formula is C17H29Cl2NO. The lowest BCUT2D eigenvalue weighted by molar-refractivity contribution is -0.0000584. The molecule has 1 atom stereocenters. The van der Waals surface area contributed by atoms with Gasteiger partial charge >= 0.3 is 0 Å². The highest BCUT2D eigenvalue weighted by atomic mass is 35.5. The second kappa shape index (κ2) is 8.38. The average molecular weight is 334 g/mol. The summed E-state index contributed by atoms with van der Waals surface area (Å²) in [5.41, 5.74) is 1.88. The fraction of sp³-hybridized carbons (Fsp3) is 0.647. The summed E-state index contributed by atoms with van der Waals surface area (Å²) in [7, 11) is 4.42. The molecule has 0 amide bonds. The maximum absolute atomic E-state index is 6.03. The molecule has 2 N–H and O–H groups in total. The van der Waals surface area contributed by atoms with E-state index in [1.807, 2.05) is 12.1 Å². The van der Waals surface area contributed by atoms with E-state index in [4.69, 9.17) is 11.6 Å². The number of benzene rings is 1. The van der Waals surface area contributed by atoms with Gasteiger partial charge in [0, 0.05) is 11.1 Å². The lowest BCUT2D eigenvalue weighted by atomic mass is 9.58. The first-order chi connectivity index (χ1) is 8.94. The quantitative estimate of drug-likeness (QED) is 0.765. The molecule has 0 heterocycles. The van der Waals surface area contributed by atoms with E-state index in [-0.39, 0.29) is 17.9 Å². The number of nitrogens with zero attached hydrogens (tertiary/aromatic N) is 1. The van der Waals surface area contributed by atoms with E-state index in [9.17, 15) is 0 Å². The summed E-state index contributed by atoms with van der Waals surface area (Å²) in [5.74, 6) is 0.759. The summed E-state index contributed by atoms with van der Waals surface area (Å²) in [6, 6.07) is 8.96. The summed E-state index contributed by atoms with van der Waals surface area (Å²) in [6.07, 6.45) is 5.41. The normalized spacial score (nSPS) is 17.7. The largest absolute Gasteiger partial charge is 0.412 e. The van der Waals surface area contributed by atoms with E-state index in [1.165, 1.54) is 31.2 Å². The van der Waals surface area contributed by atoms with Crippen molar-refractivity contribution in [1.82, 2.24) is 4.90 Å². The van der Waals surface area contributed by atoms with Gasteiger partial charge in [0.15, 0.2) is 0 Å². The topological polar surface area (TPSA) is 34.7 Å². The second-order valence-corrected chi connectivity index (χ2v) is 7.17. The Morgan fingerprint density at radius 1 is 1.14 bits per heavy atom. The van der Waals surface area contributed by atoms with Crippen molar-refractivity contribution in [3.05, 3.63) is 34.9 Å². The number of hydrogen-bond donors (Lipinski definition) is 0. The molecule has 1 aliphatic carbocycles.